The number of carbonyl (C=O) groups excluding carboxylic acids is 2. The van der Waals surface area contributed by atoms with Crippen LogP contribution in [0.2, 0.25) is 0 Å². The van der Waals surface area contributed by atoms with Gasteiger partial charge in [-0.25, -0.2) is 0 Å². The molecule has 2 heterocycles. The Kier molecular flexibility index (Phi) is 6.11. The number of H-pyrrole nitrogens is 1. The number of methoxy groups -OCH3 is 2. The molecule has 1 unspecified atom stereocenters. The fourth-order valence-electron chi connectivity index (χ4n) is 4.28. The smallest absolute Gasteiger partial charge is 0.295 e. The van der Waals surface area contributed by atoms with Gasteiger partial charge in [0.2, 0.25) is 0 Å². The number of carbonyl (C=O) groups is 2. The Hall–Kier alpha value is -3.78. The van der Waals surface area contributed by atoms with Crippen LogP contribution in [0.1, 0.15) is 17.2 Å². The van der Waals surface area contributed by atoms with E-state index < -0.39 is 17.7 Å². The van der Waals surface area contributed by atoms with Crippen LogP contribution in [0, 0.1) is 0 Å². The van der Waals surface area contributed by atoms with Crippen LogP contribution in [0.4, 0.5) is 0 Å². The minimum atomic E-state index is -0.830. The molecule has 0 aliphatic carbocycles. The molecule has 1 atom stereocenters. The number of hydrogen-bond donors (Lipinski definition) is 2. The van der Waals surface area contributed by atoms with Gasteiger partial charge in [0.1, 0.15) is 5.76 Å². The van der Waals surface area contributed by atoms with Gasteiger partial charge in [0, 0.05) is 41.3 Å². The number of nitrogens with zero attached hydrogens (tertiary/aromatic N) is 2. The van der Waals surface area contributed by atoms with Crippen LogP contribution in [0.3, 0.4) is 0 Å². The van der Waals surface area contributed by atoms with E-state index >= 15 is 0 Å². The number of amides is 1. The third-order valence-corrected chi connectivity index (χ3v) is 5.90. The summed E-state index contributed by atoms with van der Waals surface area (Å²) < 4.78 is 11.1. The van der Waals surface area contributed by atoms with Crippen molar-refractivity contribution in [1.82, 2.24) is 14.8 Å². The van der Waals surface area contributed by atoms with Gasteiger partial charge in [-0.15, -0.1) is 0 Å². The Morgan fingerprint density at radius 1 is 1.09 bits per heavy atom. The topological polar surface area (TPSA) is 95.1 Å². The van der Waals surface area contributed by atoms with E-state index in [9.17, 15) is 14.7 Å². The summed E-state index contributed by atoms with van der Waals surface area (Å²) >= 11 is 0. The second-order valence-corrected chi connectivity index (χ2v) is 8.13. The molecule has 0 radical (unpaired) electrons. The van der Waals surface area contributed by atoms with Crippen molar-refractivity contribution in [2.75, 3.05) is 41.4 Å². The van der Waals surface area contributed by atoms with Crippen molar-refractivity contribution < 1.29 is 24.2 Å². The number of hydrogen-bond acceptors (Lipinski definition) is 6. The molecule has 0 saturated carbocycles. The molecule has 3 aromatic rings. The van der Waals surface area contributed by atoms with Gasteiger partial charge in [0.15, 0.2) is 11.5 Å². The van der Waals surface area contributed by atoms with E-state index in [4.69, 9.17) is 9.47 Å². The first-order valence-corrected chi connectivity index (χ1v) is 10.6. The molecule has 1 fully saturated rings. The van der Waals surface area contributed by atoms with Crippen molar-refractivity contribution in [3.63, 3.8) is 0 Å². The van der Waals surface area contributed by atoms with Gasteiger partial charge in [-0.1, -0.05) is 30.3 Å². The second-order valence-electron chi connectivity index (χ2n) is 8.13. The fraction of sp³-hybridized carbons (Fsp3) is 0.280. The third-order valence-electron chi connectivity index (χ3n) is 5.90. The van der Waals surface area contributed by atoms with E-state index in [1.54, 1.807) is 24.4 Å². The Balaban J connectivity index is 1.96. The van der Waals surface area contributed by atoms with Crippen molar-refractivity contribution in [2.24, 2.45) is 0 Å². The molecule has 1 aromatic heterocycles. The highest BCUT2D eigenvalue weighted by molar-refractivity contribution is 6.46. The Morgan fingerprint density at radius 3 is 2.55 bits per heavy atom. The average molecular weight is 450 g/mol. The lowest BCUT2D eigenvalue weighted by atomic mass is 9.94. The van der Waals surface area contributed by atoms with Gasteiger partial charge in [0.25, 0.3) is 11.7 Å². The molecule has 1 aliphatic heterocycles. The maximum Gasteiger partial charge on any atom is 0.295 e. The molecule has 0 spiro atoms. The third kappa shape index (κ3) is 3.82. The molecule has 172 valence electrons. The summed E-state index contributed by atoms with van der Waals surface area (Å²) in [5.74, 6) is -0.737. The van der Waals surface area contributed by atoms with Crippen molar-refractivity contribution in [3.05, 3.63) is 65.4 Å². The number of para-hydroxylation sites is 2. The quantitative estimate of drug-likeness (QED) is 0.327. The zero-order valence-corrected chi connectivity index (χ0v) is 19.1. The lowest BCUT2D eigenvalue weighted by molar-refractivity contribution is -0.140. The van der Waals surface area contributed by atoms with Crippen molar-refractivity contribution >= 4 is 28.4 Å². The minimum Gasteiger partial charge on any atom is -0.507 e. The Labute approximate surface area is 192 Å². The number of aromatic nitrogens is 1. The number of aromatic amines is 1. The van der Waals surface area contributed by atoms with Gasteiger partial charge in [-0.2, -0.15) is 0 Å². The van der Waals surface area contributed by atoms with Crippen LogP contribution in [0.25, 0.3) is 16.7 Å². The summed E-state index contributed by atoms with van der Waals surface area (Å²) in [5, 5.41) is 12.1. The molecule has 0 bridgehead atoms. The van der Waals surface area contributed by atoms with Gasteiger partial charge >= 0.3 is 0 Å². The molecule has 1 amide bonds. The molecular formula is C25H27N3O5. The molecule has 33 heavy (non-hydrogen) atoms. The fourth-order valence-corrected chi connectivity index (χ4v) is 4.28. The minimum absolute atomic E-state index is 0.0232. The number of benzene rings is 2. The van der Waals surface area contributed by atoms with Crippen molar-refractivity contribution in [1.29, 1.82) is 0 Å². The molecular weight excluding hydrogens is 422 g/mol. The number of aliphatic hydroxyl groups is 1. The van der Waals surface area contributed by atoms with Crippen molar-refractivity contribution in [2.45, 2.75) is 6.04 Å². The number of rotatable bonds is 7. The predicted octanol–water partition coefficient (Wildman–Crippen LogP) is 3.17. The van der Waals surface area contributed by atoms with Crippen LogP contribution < -0.4 is 9.47 Å². The van der Waals surface area contributed by atoms with E-state index in [0.29, 0.717) is 35.7 Å². The molecule has 8 nitrogen and oxygen atoms in total. The lowest BCUT2D eigenvalue weighted by Gasteiger charge is -2.28. The largest absolute Gasteiger partial charge is 0.507 e. The van der Waals surface area contributed by atoms with E-state index in [2.05, 4.69) is 4.98 Å². The second kappa shape index (κ2) is 8.99. The van der Waals surface area contributed by atoms with Crippen molar-refractivity contribution in [3.8, 4) is 11.5 Å². The van der Waals surface area contributed by atoms with E-state index in [1.165, 1.54) is 19.1 Å². The predicted molar refractivity (Wildman–Crippen MR) is 125 cm³/mol. The SMILES string of the molecule is COc1cccc(C2C(=C(O)c3c[nH]c4ccccc34)C(=O)C(=O)N2CCN(C)C)c1OC. The molecule has 8 heteroatoms. The zero-order chi connectivity index (χ0) is 23.7. The number of nitrogens with one attached hydrogen (secondary N) is 1. The van der Waals surface area contributed by atoms with Crippen LogP contribution in [-0.4, -0.2) is 73.0 Å². The van der Waals surface area contributed by atoms with Gasteiger partial charge in [-0.3, -0.25) is 9.59 Å². The maximum absolute atomic E-state index is 13.3. The average Bonchev–Trinajstić information content (AvgIpc) is 3.35. The number of Topliss-reactive ketones (excluding diaryl/α,β-unsaturated/α-hetero) is 1. The highest BCUT2D eigenvalue weighted by Crippen LogP contribution is 2.45. The summed E-state index contributed by atoms with van der Waals surface area (Å²) in [7, 11) is 6.82. The van der Waals surface area contributed by atoms with E-state index in [1.807, 2.05) is 43.3 Å². The summed E-state index contributed by atoms with van der Waals surface area (Å²) in [6, 6.07) is 11.9. The molecule has 2 N–H and O–H groups in total. The first-order chi connectivity index (χ1) is 15.9. The van der Waals surface area contributed by atoms with Gasteiger partial charge in [-0.05, 0) is 26.2 Å². The first kappa shape index (κ1) is 22.4. The number of ketones is 1. The molecule has 1 aliphatic rings. The first-order valence-electron chi connectivity index (χ1n) is 10.6. The van der Waals surface area contributed by atoms with Crippen LogP contribution in [0.5, 0.6) is 11.5 Å². The molecule has 2 aromatic carbocycles. The van der Waals surface area contributed by atoms with E-state index in [0.717, 1.165) is 10.9 Å². The highest BCUT2D eigenvalue weighted by atomic mass is 16.5. The summed E-state index contributed by atoms with van der Waals surface area (Å²) in [6.45, 7) is 0.843. The standard InChI is InChI=1S/C25H27N3O5/c1-27(2)12-13-28-21(16-9-7-11-19(32-3)24(16)33-4)20(23(30)25(28)31)22(29)17-14-26-18-10-6-5-8-15(17)18/h5-11,14,21,26,29H,12-13H2,1-4H3. The number of likely N-dealkylation sites (N-methyl/N-ethyl adjacent to an activating group) is 1. The normalized spacial score (nSPS) is 17.8. The van der Waals surface area contributed by atoms with Gasteiger partial charge < -0.3 is 29.4 Å². The number of fused-ring (bicyclic) bond motifs is 1. The summed E-state index contributed by atoms with van der Waals surface area (Å²) in [6.07, 6.45) is 1.65. The maximum atomic E-state index is 13.3. The van der Waals surface area contributed by atoms with Gasteiger partial charge in [0.05, 0.1) is 25.8 Å². The summed E-state index contributed by atoms with van der Waals surface area (Å²) in [4.78, 5) is 32.9. The molecule has 4 rings (SSSR count). The van der Waals surface area contributed by atoms with Crippen LogP contribution in [-0.2, 0) is 9.59 Å². The number of ether oxygens (including phenoxy) is 2. The lowest BCUT2D eigenvalue weighted by Crippen LogP contribution is -2.35. The number of aliphatic hydroxyl groups excluding tert-OH is 1. The summed E-state index contributed by atoms with van der Waals surface area (Å²) in [5.41, 5.74) is 1.87. The van der Waals surface area contributed by atoms with Crippen LogP contribution in [0.15, 0.2) is 54.2 Å². The molecule has 1 saturated heterocycles. The Morgan fingerprint density at radius 2 is 1.85 bits per heavy atom. The number of likely N-dealkylation sites (tertiary alicyclic amines) is 1. The Bertz CT molecular complexity index is 1240. The van der Waals surface area contributed by atoms with E-state index in [-0.39, 0.29) is 11.3 Å². The highest BCUT2D eigenvalue weighted by Gasteiger charge is 2.47. The monoisotopic (exact) mass is 449 g/mol. The van der Waals surface area contributed by atoms with Crippen LogP contribution >= 0.6 is 0 Å². The zero-order valence-electron chi connectivity index (χ0n) is 19.1.